The van der Waals surface area contributed by atoms with Gasteiger partial charge in [-0.2, -0.15) is 0 Å². The number of carbonyl (C=O) groups excluding carboxylic acids is 1. The molecule has 2 aromatic carbocycles. The first-order valence-electron chi connectivity index (χ1n) is 7.30. The molecule has 25 heavy (non-hydrogen) atoms. The van der Waals surface area contributed by atoms with Crippen LogP contribution in [0.15, 0.2) is 57.8 Å². The molecule has 0 saturated heterocycles. The number of anilines is 1. The Bertz CT molecular complexity index is 868. The molecule has 0 radical (unpaired) electrons. The van der Waals surface area contributed by atoms with Crippen LogP contribution in [0.2, 0.25) is 5.02 Å². The van der Waals surface area contributed by atoms with Crippen molar-refractivity contribution in [2.75, 3.05) is 18.2 Å². The second kappa shape index (κ2) is 8.04. The van der Waals surface area contributed by atoms with Crippen LogP contribution >= 0.6 is 23.4 Å². The second-order valence-electron chi connectivity index (χ2n) is 4.94. The standard InChI is InChI=1S/C17H14ClN3O3S/c1-25-14-4-2-3-11(9-14)16-20-21-17(24-16)19-15(22)10-23-13-7-5-12(18)6-8-13/h2-9H,10H2,1H3,(H,19,21,22). The third kappa shape index (κ3) is 4.74. The minimum atomic E-state index is -0.400. The molecule has 1 N–H and O–H groups in total. The maximum Gasteiger partial charge on any atom is 0.322 e. The lowest BCUT2D eigenvalue weighted by atomic mass is 10.2. The zero-order valence-corrected chi connectivity index (χ0v) is 14.8. The van der Waals surface area contributed by atoms with Crippen molar-refractivity contribution in [2.24, 2.45) is 0 Å². The SMILES string of the molecule is CSc1cccc(-c2nnc(NC(=O)COc3ccc(Cl)cc3)o2)c1. The summed E-state index contributed by atoms with van der Waals surface area (Å²) in [5.41, 5.74) is 0.789. The highest BCUT2D eigenvalue weighted by molar-refractivity contribution is 7.98. The van der Waals surface area contributed by atoms with Gasteiger partial charge in [0.2, 0.25) is 5.89 Å². The van der Waals surface area contributed by atoms with Crippen molar-refractivity contribution < 1.29 is 13.9 Å². The van der Waals surface area contributed by atoms with Crippen molar-refractivity contribution >= 4 is 35.3 Å². The molecular formula is C17H14ClN3O3S. The van der Waals surface area contributed by atoms with Crippen LogP contribution in [0.4, 0.5) is 6.01 Å². The molecule has 0 fully saturated rings. The van der Waals surface area contributed by atoms with Crippen LogP contribution in [0.25, 0.3) is 11.5 Å². The van der Waals surface area contributed by atoms with Gasteiger partial charge in [-0.25, -0.2) is 0 Å². The van der Waals surface area contributed by atoms with Gasteiger partial charge in [-0.1, -0.05) is 22.8 Å². The number of benzene rings is 2. The largest absolute Gasteiger partial charge is 0.484 e. The van der Waals surface area contributed by atoms with Crippen molar-refractivity contribution in [3.63, 3.8) is 0 Å². The van der Waals surface area contributed by atoms with Crippen LogP contribution in [0.5, 0.6) is 5.75 Å². The first-order valence-corrected chi connectivity index (χ1v) is 8.90. The number of carbonyl (C=O) groups is 1. The number of nitrogens with one attached hydrogen (secondary N) is 1. The van der Waals surface area contributed by atoms with Crippen molar-refractivity contribution in [1.29, 1.82) is 0 Å². The van der Waals surface area contributed by atoms with E-state index in [2.05, 4.69) is 15.5 Å². The van der Waals surface area contributed by atoms with Crippen LogP contribution in [0.3, 0.4) is 0 Å². The van der Waals surface area contributed by atoms with Crippen molar-refractivity contribution in [1.82, 2.24) is 10.2 Å². The van der Waals surface area contributed by atoms with E-state index in [9.17, 15) is 4.79 Å². The van der Waals surface area contributed by atoms with Gasteiger partial charge in [0.05, 0.1) is 0 Å². The minimum Gasteiger partial charge on any atom is -0.484 e. The smallest absolute Gasteiger partial charge is 0.322 e. The Hall–Kier alpha value is -2.51. The Morgan fingerprint density at radius 1 is 1.24 bits per heavy atom. The highest BCUT2D eigenvalue weighted by atomic mass is 35.5. The highest BCUT2D eigenvalue weighted by Crippen LogP contribution is 2.24. The van der Waals surface area contributed by atoms with E-state index < -0.39 is 5.91 Å². The van der Waals surface area contributed by atoms with Gasteiger partial charge in [0.25, 0.3) is 5.91 Å². The molecule has 1 heterocycles. The van der Waals surface area contributed by atoms with E-state index in [0.717, 1.165) is 10.5 Å². The molecule has 0 bridgehead atoms. The topological polar surface area (TPSA) is 77.2 Å². The zero-order valence-electron chi connectivity index (χ0n) is 13.2. The Morgan fingerprint density at radius 3 is 2.80 bits per heavy atom. The predicted molar refractivity (Wildman–Crippen MR) is 97.1 cm³/mol. The first kappa shape index (κ1) is 17.3. The molecule has 6 nitrogen and oxygen atoms in total. The third-order valence-electron chi connectivity index (χ3n) is 3.17. The Kier molecular flexibility index (Phi) is 5.57. The Balaban J connectivity index is 1.58. The molecule has 1 amide bonds. The van der Waals surface area contributed by atoms with E-state index >= 15 is 0 Å². The van der Waals surface area contributed by atoms with Crippen LogP contribution in [0.1, 0.15) is 0 Å². The summed E-state index contributed by atoms with van der Waals surface area (Å²) in [5.74, 6) is 0.479. The number of ether oxygens (including phenoxy) is 1. The van der Waals surface area contributed by atoms with Crippen LogP contribution < -0.4 is 10.1 Å². The van der Waals surface area contributed by atoms with E-state index in [1.165, 1.54) is 0 Å². The quantitative estimate of drug-likeness (QED) is 0.653. The summed E-state index contributed by atoms with van der Waals surface area (Å²) < 4.78 is 10.8. The summed E-state index contributed by atoms with van der Waals surface area (Å²) in [7, 11) is 0. The number of thioether (sulfide) groups is 1. The zero-order chi connectivity index (χ0) is 17.6. The van der Waals surface area contributed by atoms with Crippen LogP contribution in [-0.4, -0.2) is 29.0 Å². The van der Waals surface area contributed by atoms with E-state index in [1.807, 2.05) is 30.5 Å². The maximum atomic E-state index is 11.9. The van der Waals surface area contributed by atoms with Gasteiger partial charge in [0, 0.05) is 15.5 Å². The van der Waals surface area contributed by atoms with Gasteiger partial charge >= 0.3 is 6.01 Å². The average molecular weight is 376 g/mol. The average Bonchev–Trinajstić information content (AvgIpc) is 3.10. The van der Waals surface area contributed by atoms with Crippen molar-refractivity contribution in [3.05, 3.63) is 53.6 Å². The number of nitrogens with zero attached hydrogens (tertiary/aromatic N) is 2. The summed E-state index contributed by atoms with van der Waals surface area (Å²) >= 11 is 7.41. The number of hydrogen-bond acceptors (Lipinski definition) is 6. The molecule has 0 spiro atoms. The fraction of sp³-hybridized carbons (Fsp3) is 0.118. The highest BCUT2D eigenvalue weighted by Gasteiger charge is 2.12. The maximum absolute atomic E-state index is 11.9. The lowest BCUT2D eigenvalue weighted by molar-refractivity contribution is -0.118. The molecule has 0 aliphatic heterocycles. The number of aromatic nitrogens is 2. The summed E-state index contributed by atoms with van der Waals surface area (Å²) in [4.78, 5) is 13.0. The molecular weight excluding hydrogens is 362 g/mol. The Morgan fingerprint density at radius 2 is 2.04 bits per heavy atom. The summed E-state index contributed by atoms with van der Waals surface area (Å²) in [6, 6.07) is 14.4. The summed E-state index contributed by atoms with van der Waals surface area (Å²) in [6.07, 6.45) is 1.99. The minimum absolute atomic E-state index is 0.0225. The van der Waals surface area contributed by atoms with Crippen LogP contribution in [0, 0.1) is 0 Å². The molecule has 128 valence electrons. The Labute approximate surface area is 153 Å². The molecule has 0 saturated carbocycles. The van der Waals surface area contributed by atoms with Gasteiger partial charge in [0.1, 0.15) is 5.75 Å². The molecule has 3 rings (SSSR count). The van der Waals surface area contributed by atoms with Gasteiger partial charge in [-0.3, -0.25) is 10.1 Å². The molecule has 0 atom stereocenters. The fourth-order valence-electron chi connectivity index (χ4n) is 1.98. The van der Waals surface area contributed by atoms with E-state index in [1.54, 1.807) is 36.0 Å². The lowest BCUT2D eigenvalue weighted by Gasteiger charge is -2.05. The normalized spacial score (nSPS) is 10.5. The molecule has 0 unspecified atom stereocenters. The molecule has 0 aliphatic carbocycles. The fourth-order valence-corrected chi connectivity index (χ4v) is 2.57. The second-order valence-corrected chi connectivity index (χ2v) is 6.25. The summed E-state index contributed by atoms with van der Waals surface area (Å²) in [5, 5.41) is 10.9. The molecule has 0 aliphatic rings. The van der Waals surface area contributed by atoms with Crippen LogP contribution in [-0.2, 0) is 4.79 Å². The number of hydrogen-bond donors (Lipinski definition) is 1. The van der Waals surface area contributed by atoms with Gasteiger partial charge in [0.15, 0.2) is 6.61 Å². The van der Waals surface area contributed by atoms with E-state index in [-0.39, 0.29) is 12.6 Å². The lowest BCUT2D eigenvalue weighted by Crippen LogP contribution is -2.20. The van der Waals surface area contributed by atoms with Crippen molar-refractivity contribution in [3.8, 4) is 17.2 Å². The molecule has 8 heteroatoms. The van der Waals surface area contributed by atoms with Gasteiger partial charge < -0.3 is 9.15 Å². The van der Waals surface area contributed by atoms with Crippen molar-refractivity contribution in [2.45, 2.75) is 4.90 Å². The third-order valence-corrected chi connectivity index (χ3v) is 4.15. The number of amides is 1. The number of rotatable bonds is 6. The summed E-state index contributed by atoms with van der Waals surface area (Å²) in [6.45, 7) is -0.179. The van der Waals surface area contributed by atoms with Gasteiger partial charge in [-0.05, 0) is 48.7 Å². The monoisotopic (exact) mass is 375 g/mol. The molecule has 1 aromatic heterocycles. The molecule has 3 aromatic rings. The van der Waals surface area contributed by atoms with E-state index in [4.69, 9.17) is 20.8 Å². The van der Waals surface area contributed by atoms with E-state index in [0.29, 0.717) is 16.7 Å². The van der Waals surface area contributed by atoms with Gasteiger partial charge in [-0.15, -0.1) is 16.9 Å². The number of halogens is 1. The predicted octanol–water partition coefficient (Wildman–Crippen LogP) is 4.13. The first-order chi connectivity index (χ1) is 12.1.